The molecule has 3 rings (SSSR count). The minimum absolute atomic E-state index is 0.00804. The Morgan fingerprint density at radius 1 is 1.22 bits per heavy atom. The molecule has 0 radical (unpaired) electrons. The van der Waals surface area contributed by atoms with Gasteiger partial charge in [-0.1, -0.05) is 12.1 Å². The minimum Gasteiger partial charge on any atom is -0.489 e. The van der Waals surface area contributed by atoms with Crippen LogP contribution >= 0.6 is 0 Å². The summed E-state index contributed by atoms with van der Waals surface area (Å²) in [4.78, 5) is 25.7. The largest absolute Gasteiger partial charge is 0.489 e. The summed E-state index contributed by atoms with van der Waals surface area (Å²) in [5.74, 6) is -0.265. The second-order valence-electron chi connectivity index (χ2n) is 5.62. The molecule has 0 spiro atoms. The highest BCUT2D eigenvalue weighted by atomic mass is 19.1. The van der Waals surface area contributed by atoms with Crippen LogP contribution in [-0.2, 0) is 0 Å². The van der Waals surface area contributed by atoms with E-state index in [2.05, 4.69) is 10.3 Å². The Labute approximate surface area is 152 Å². The average molecular weight is 367 g/mol. The predicted octanol–water partition coefficient (Wildman–Crippen LogP) is 2.85. The average Bonchev–Trinajstić information content (AvgIpc) is 2.66. The molecule has 1 aromatic heterocycles. The maximum atomic E-state index is 13.6. The number of amides is 1. The normalized spacial score (nSPS) is 10.4. The maximum Gasteiger partial charge on any atom is 0.404 e. The summed E-state index contributed by atoms with van der Waals surface area (Å²) in [6, 6.07) is 12.3. The van der Waals surface area contributed by atoms with Gasteiger partial charge in [-0.05, 0) is 30.3 Å². The van der Waals surface area contributed by atoms with Crippen LogP contribution in [0.25, 0.3) is 22.0 Å². The van der Waals surface area contributed by atoms with Crippen LogP contribution in [0.3, 0.4) is 0 Å². The van der Waals surface area contributed by atoms with Crippen LogP contribution in [0.5, 0.6) is 5.75 Å². The molecule has 136 valence electrons. The number of nitrogens with zero attached hydrogens (tertiary/aromatic N) is 1. The SMILES string of the molecule is N#Cc1ccc(-c2[nH]c(=O)c3cc(F)ccc3c2OCCNC(=O)O)cc1. The van der Waals surface area contributed by atoms with Crippen molar-refractivity contribution in [3.8, 4) is 23.1 Å². The molecule has 0 saturated carbocycles. The first-order valence-corrected chi connectivity index (χ1v) is 7.95. The molecule has 2 aromatic carbocycles. The van der Waals surface area contributed by atoms with E-state index >= 15 is 0 Å². The number of ether oxygens (including phenoxy) is 1. The molecule has 7 nitrogen and oxygen atoms in total. The third kappa shape index (κ3) is 3.88. The Balaban J connectivity index is 2.11. The van der Waals surface area contributed by atoms with E-state index in [0.29, 0.717) is 28.0 Å². The van der Waals surface area contributed by atoms with Gasteiger partial charge in [-0.2, -0.15) is 5.26 Å². The van der Waals surface area contributed by atoms with E-state index in [4.69, 9.17) is 15.1 Å². The van der Waals surface area contributed by atoms with Gasteiger partial charge in [0.05, 0.1) is 29.3 Å². The van der Waals surface area contributed by atoms with Gasteiger partial charge in [0.15, 0.2) is 5.75 Å². The van der Waals surface area contributed by atoms with Crippen molar-refractivity contribution in [2.24, 2.45) is 0 Å². The van der Waals surface area contributed by atoms with Gasteiger partial charge in [0.25, 0.3) is 5.56 Å². The van der Waals surface area contributed by atoms with Crippen molar-refractivity contribution >= 4 is 16.9 Å². The van der Waals surface area contributed by atoms with E-state index in [0.717, 1.165) is 6.07 Å². The van der Waals surface area contributed by atoms with Gasteiger partial charge in [-0.3, -0.25) is 4.79 Å². The van der Waals surface area contributed by atoms with Gasteiger partial charge in [-0.25, -0.2) is 9.18 Å². The summed E-state index contributed by atoms with van der Waals surface area (Å²) in [5.41, 5.74) is 0.925. The van der Waals surface area contributed by atoms with E-state index in [1.165, 1.54) is 12.1 Å². The molecule has 1 heterocycles. The van der Waals surface area contributed by atoms with Crippen LogP contribution in [0.4, 0.5) is 9.18 Å². The highest BCUT2D eigenvalue weighted by Gasteiger charge is 2.15. The Morgan fingerprint density at radius 2 is 1.96 bits per heavy atom. The minimum atomic E-state index is -1.18. The number of H-pyrrole nitrogens is 1. The van der Waals surface area contributed by atoms with Crippen LogP contribution in [0.1, 0.15) is 5.56 Å². The number of benzene rings is 2. The number of hydrogen-bond acceptors (Lipinski definition) is 4. The third-order valence-electron chi connectivity index (χ3n) is 3.86. The fourth-order valence-corrected chi connectivity index (χ4v) is 2.65. The standard InChI is InChI=1S/C19H14FN3O4/c20-13-5-6-14-15(9-13)18(24)23-16(12-3-1-11(10-21)2-4-12)17(14)27-8-7-22-19(25)26/h1-6,9,22H,7-8H2,(H,23,24)(H,25,26). The van der Waals surface area contributed by atoms with E-state index in [1.807, 2.05) is 6.07 Å². The zero-order chi connectivity index (χ0) is 19.4. The van der Waals surface area contributed by atoms with Crippen LogP contribution in [-0.4, -0.2) is 29.3 Å². The van der Waals surface area contributed by atoms with Crippen molar-refractivity contribution in [1.82, 2.24) is 10.3 Å². The van der Waals surface area contributed by atoms with Crippen molar-refractivity contribution in [1.29, 1.82) is 5.26 Å². The van der Waals surface area contributed by atoms with Crippen molar-refractivity contribution < 1.29 is 19.0 Å². The van der Waals surface area contributed by atoms with E-state index < -0.39 is 17.5 Å². The second-order valence-corrected chi connectivity index (χ2v) is 5.62. The number of hydrogen-bond donors (Lipinski definition) is 3. The second kappa shape index (κ2) is 7.58. The van der Waals surface area contributed by atoms with Crippen LogP contribution in [0.2, 0.25) is 0 Å². The number of nitriles is 1. The van der Waals surface area contributed by atoms with Crippen molar-refractivity contribution in [3.63, 3.8) is 0 Å². The lowest BCUT2D eigenvalue weighted by atomic mass is 10.0. The quantitative estimate of drug-likeness (QED) is 0.600. The molecule has 27 heavy (non-hydrogen) atoms. The summed E-state index contributed by atoms with van der Waals surface area (Å²) < 4.78 is 19.3. The van der Waals surface area contributed by atoms with Gasteiger partial charge < -0.3 is 20.1 Å². The molecule has 3 aromatic rings. The molecule has 1 amide bonds. The summed E-state index contributed by atoms with van der Waals surface area (Å²) in [7, 11) is 0. The number of aromatic amines is 1. The fraction of sp³-hybridized carbons (Fsp3) is 0.105. The molecular formula is C19H14FN3O4. The fourth-order valence-electron chi connectivity index (χ4n) is 2.65. The predicted molar refractivity (Wildman–Crippen MR) is 96.2 cm³/mol. The molecule has 0 aliphatic rings. The molecular weight excluding hydrogens is 353 g/mol. The number of nitrogens with one attached hydrogen (secondary N) is 2. The number of fused-ring (bicyclic) bond motifs is 1. The van der Waals surface area contributed by atoms with Crippen molar-refractivity contribution in [3.05, 3.63) is 64.2 Å². The Kier molecular flexibility index (Phi) is 5.04. The lowest BCUT2D eigenvalue weighted by Gasteiger charge is -2.14. The highest BCUT2D eigenvalue weighted by molar-refractivity contribution is 5.93. The smallest absolute Gasteiger partial charge is 0.404 e. The Hall–Kier alpha value is -3.86. The van der Waals surface area contributed by atoms with E-state index in [-0.39, 0.29) is 18.5 Å². The number of aromatic nitrogens is 1. The number of halogens is 1. The highest BCUT2D eigenvalue weighted by Crippen LogP contribution is 2.33. The van der Waals surface area contributed by atoms with Gasteiger partial charge in [0.1, 0.15) is 12.4 Å². The number of carbonyl (C=O) groups is 1. The maximum absolute atomic E-state index is 13.6. The summed E-state index contributed by atoms with van der Waals surface area (Å²) in [5, 5.41) is 20.3. The summed E-state index contributed by atoms with van der Waals surface area (Å²) in [6.45, 7) is 0.0397. The zero-order valence-electron chi connectivity index (χ0n) is 14.0. The van der Waals surface area contributed by atoms with Crippen LogP contribution in [0.15, 0.2) is 47.3 Å². The van der Waals surface area contributed by atoms with Crippen molar-refractivity contribution in [2.45, 2.75) is 0 Å². The summed E-state index contributed by atoms with van der Waals surface area (Å²) in [6.07, 6.45) is -1.18. The van der Waals surface area contributed by atoms with Crippen LogP contribution < -0.4 is 15.6 Å². The van der Waals surface area contributed by atoms with Gasteiger partial charge in [0, 0.05) is 10.9 Å². The first kappa shape index (κ1) is 17.9. The number of pyridine rings is 1. The lowest BCUT2D eigenvalue weighted by Crippen LogP contribution is -2.26. The molecule has 0 atom stereocenters. The molecule has 0 fully saturated rings. The van der Waals surface area contributed by atoms with Gasteiger partial charge >= 0.3 is 6.09 Å². The van der Waals surface area contributed by atoms with Crippen LogP contribution in [0, 0.1) is 17.1 Å². The van der Waals surface area contributed by atoms with Gasteiger partial charge in [-0.15, -0.1) is 0 Å². The van der Waals surface area contributed by atoms with E-state index in [9.17, 15) is 14.0 Å². The molecule has 0 aliphatic carbocycles. The molecule has 0 saturated heterocycles. The zero-order valence-corrected chi connectivity index (χ0v) is 14.0. The molecule has 0 bridgehead atoms. The lowest BCUT2D eigenvalue weighted by molar-refractivity contribution is 0.191. The third-order valence-corrected chi connectivity index (χ3v) is 3.86. The molecule has 3 N–H and O–H groups in total. The first-order chi connectivity index (χ1) is 13.0. The number of rotatable bonds is 5. The number of carboxylic acid groups (broad SMARTS) is 1. The molecule has 8 heteroatoms. The van der Waals surface area contributed by atoms with Crippen molar-refractivity contribution in [2.75, 3.05) is 13.2 Å². The van der Waals surface area contributed by atoms with Gasteiger partial charge in [0.2, 0.25) is 0 Å². The first-order valence-electron chi connectivity index (χ1n) is 7.95. The summed E-state index contributed by atoms with van der Waals surface area (Å²) >= 11 is 0. The topological polar surface area (TPSA) is 115 Å². The van der Waals surface area contributed by atoms with E-state index in [1.54, 1.807) is 24.3 Å². The Morgan fingerprint density at radius 3 is 2.63 bits per heavy atom. The molecule has 0 unspecified atom stereocenters. The molecule has 0 aliphatic heterocycles. The monoisotopic (exact) mass is 367 g/mol. The Bertz CT molecular complexity index is 1100.